The van der Waals surface area contributed by atoms with Crippen LogP contribution in [0.5, 0.6) is 11.5 Å². The number of benzene rings is 1. The molecule has 108 valence electrons. The van der Waals surface area contributed by atoms with Crippen molar-refractivity contribution in [1.29, 1.82) is 0 Å². The molecule has 0 fully saturated rings. The van der Waals surface area contributed by atoms with Crippen LogP contribution in [0.2, 0.25) is 5.02 Å². The third kappa shape index (κ3) is 4.80. The summed E-state index contributed by atoms with van der Waals surface area (Å²) in [7, 11) is 1.35. The summed E-state index contributed by atoms with van der Waals surface area (Å²) in [6.07, 6.45) is -4.28. The van der Waals surface area contributed by atoms with Crippen LogP contribution < -0.4 is 4.74 Å². The zero-order valence-corrected chi connectivity index (χ0v) is 11.3. The number of nitrogens with zero attached hydrogens (tertiary/aromatic N) is 1. The third-order valence-electron chi connectivity index (χ3n) is 2.58. The third-order valence-corrected chi connectivity index (χ3v) is 2.80. The van der Waals surface area contributed by atoms with Crippen molar-refractivity contribution in [2.24, 2.45) is 0 Å². The molecular formula is C12H15ClF3NO2. The minimum Gasteiger partial charge on any atom is -0.504 e. The Morgan fingerprint density at radius 1 is 1.37 bits per heavy atom. The van der Waals surface area contributed by atoms with Crippen molar-refractivity contribution in [2.75, 3.05) is 20.2 Å². The lowest BCUT2D eigenvalue weighted by atomic mass is 10.1. The first-order chi connectivity index (χ1) is 8.76. The number of alkyl halides is 3. The van der Waals surface area contributed by atoms with E-state index >= 15 is 0 Å². The molecule has 1 rings (SSSR count). The molecule has 0 amide bonds. The van der Waals surface area contributed by atoms with Crippen LogP contribution in [0.15, 0.2) is 12.1 Å². The van der Waals surface area contributed by atoms with Gasteiger partial charge in [-0.25, -0.2) is 0 Å². The first kappa shape index (κ1) is 15.9. The molecule has 0 aromatic heterocycles. The maximum Gasteiger partial charge on any atom is 0.401 e. The van der Waals surface area contributed by atoms with Gasteiger partial charge in [0.1, 0.15) is 0 Å². The normalized spacial score (nSPS) is 11.9. The Labute approximate surface area is 114 Å². The molecule has 0 unspecified atom stereocenters. The van der Waals surface area contributed by atoms with Crippen molar-refractivity contribution in [2.45, 2.75) is 19.6 Å². The molecule has 0 heterocycles. The number of halogens is 4. The van der Waals surface area contributed by atoms with Gasteiger partial charge in [0.2, 0.25) is 0 Å². The van der Waals surface area contributed by atoms with E-state index in [2.05, 4.69) is 0 Å². The minimum atomic E-state index is -4.28. The quantitative estimate of drug-likeness (QED) is 0.903. The molecule has 19 heavy (non-hydrogen) atoms. The number of methoxy groups -OCH3 is 1. The highest BCUT2D eigenvalue weighted by Crippen LogP contribution is 2.34. The summed E-state index contributed by atoms with van der Waals surface area (Å²) < 4.78 is 42.0. The zero-order chi connectivity index (χ0) is 14.6. The molecule has 0 aliphatic rings. The van der Waals surface area contributed by atoms with E-state index in [1.165, 1.54) is 19.2 Å². The molecule has 0 radical (unpaired) electrons. The maximum atomic E-state index is 12.4. The second-order valence-corrected chi connectivity index (χ2v) is 4.47. The van der Waals surface area contributed by atoms with Gasteiger partial charge in [0.05, 0.1) is 13.7 Å². The molecule has 0 spiro atoms. The first-order valence-corrected chi connectivity index (χ1v) is 5.99. The monoisotopic (exact) mass is 297 g/mol. The van der Waals surface area contributed by atoms with E-state index in [-0.39, 0.29) is 24.6 Å². The lowest BCUT2D eigenvalue weighted by Gasteiger charge is -2.22. The van der Waals surface area contributed by atoms with Crippen LogP contribution in [0.3, 0.4) is 0 Å². The van der Waals surface area contributed by atoms with E-state index in [0.717, 1.165) is 4.90 Å². The van der Waals surface area contributed by atoms with Gasteiger partial charge in [-0.2, -0.15) is 13.2 Å². The van der Waals surface area contributed by atoms with Gasteiger partial charge in [-0.05, 0) is 12.6 Å². The molecule has 0 aliphatic heterocycles. The van der Waals surface area contributed by atoms with Gasteiger partial charge in [-0.3, -0.25) is 4.90 Å². The fourth-order valence-corrected chi connectivity index (χ4v) is 1.91. The number of hydrogen-bond donors (Lipinski definition) is 1. The van der Waals surface area contributed by atoms with E-state index < -0.39 is 12.7 Å². The van der Waals surface area contributed by atoms with E-state index in [4.69, 9.17) is 16.3 Å². The average molecular weight is 298 g/mol. The molecular weight excluding hydrogens is 283 g/mol. The van der Waals surface area contributed by atoms with Crippen LogP contribution in [-0.4, -0.2) is 36.4 Å². The van der Waals surface area contributed by atoms with Gasteiger partial charge in [0, 0.05) is 23.2 Å². The van der Waals surface area contributed by atoms with Gasteiger partial charge < -0.3 is 9.84 Å². The number of aromatic hydroxyl groups is 1. The Morgan fingerprint density at radius 2 is 2.00 bits per heavy atom. The van der Waals surface area contributed by atoms with Crippen LogP contribution in [0, 0.1) is 0 Å². The highest BCUT2D eigenvalue weighted by atomic mass is 35.5. The zero-order valence-electron chi connectivity index (χ0n) is 10.6. The Morgan fingerprint density at radius 3 is 2.47 bits per heavy atom. The maximum absolute atomic E-state index is 12.4. The number of rotatable bonds is 5. The summed E-state index contributed by atoms with van der Waals surface area (Å²) in [4.78, 5) is 1.16. The summed E-state index contributed by atoms with van der Waals surface area (Å²) in [5, 5.41) is 10.2. The standard InChI is InChI=1S/C12H15ClF3NO2/c1-3-17(7-12(14,15)16)6-8-4-9(13)5-10(19-2)11(8)18/h4-5,18H,3,6-7H2,1-2H3. The second-order valence-electron chi connectivity index (χ2n) is 4.03. The van der Waals surface area contributed by atoms with Crippen LogP contribution in [0.1, 0.15) is 12.5 Å². The molecule has 1 aromatic carbocycles. The fourth-order valence-electron chi connectivity index (χ4n) is 1.68. The molecule has 3 nitrogen and oxygen atoms in total. The van der Waals surface area contributed by atoms with Crippen molar-refractivity contribution in [3.8, 4) is 11.5 Å². The predicted molar refractivity (Wildman–Crippen MR) is 66.7 cm³/mol. The highest BCUT2D eigenvalue weighted by molar-refractivity contribution is 6.30. The summed E-state index contributed by atoms with van der Waals surface area (Å²) in [5.74, 6) is -0.0434. The molecule has 0 bridgehead atoms. The van der Waals surface area contributed by atoms with Crippen molar-refractivity contribution >= 4 is 11.6 Å². The summed E-state index contributed by atoms with van der Waals surface area (Å²) in [6, 6.07) is 2.83. The molecule has 0 saturated heterocycles. The van der Waals surface area contributed by atoms with Crippen molar-refractivity contribution < 1.29 is 23.0 Å². The van der Waals surface area contributed by atoms with Gasteiger partial charge in [-0.15, -0.1) is 0 Å². The van der Waals surface area contributed by atoms with Gasteiger partial charge >= 0.3 is 6.18 Å². The Hall–Kier alpha value is -1.14. The van der Waals surface area contributed by atoms with Gasteiger partial charge in [0.25, 0.3) is 0 Å². The predicted octanol–water partition coefficient (Wildman–Crippen LogP) is 3.44. The molecule has 1 aromatic rings. The van der Waals surface area contributed by atoms with Gasteiger partial charge in [0.15, 0.2) is 11.5 Å². The first-order valence-electron chi connectivity index (χ1n) is 5.61. The molecule has 0 saturated carbocycles. The lowest BCUT2D eigenvalue weighted by molar-refractivity contribution is -0.146. The molecule has 7 heteroatoms. The van der Waals surface area contributed by atoms with E-state index in [1.54, 1.807) is 6.92 Å². The lowest BCUT2D eigenvalue weighted by Crippen LogP contribution is -2.33. The Balaban J connectivity index is 2.94. The second kappa shape index (κ2) is 6.34. The molecule has 0 aliphatic carbocycles. The molecule has 0 atom stereocenters. The Bertz CT molecular complexity index is 438. The SMILES string of the molecule is CCN(Cc1cc(Cl)cc(OC)c1O)CC(F)(F)F. The summed E-state index contributed by atoms with van der Waals surface area (Å²) in [5.41, 5.74) is 0.301. The van der Waals surface area contributed by atoms with Crippen molar-refractivity contribution in [3.63, 3.8) is 0 Å². The van der Waals surface area contributed by atoms with Crippen LogP contribution >= 0.6 is 11.6 Å². The summed E-state index contributed by atoms with van der Waals surface area (Å²) >= 11 is 5.83. The summed E-state index contributed by atoms with van der Waals surface area (Å²) in [6.45, 7) is 0.717. The number of phenols is 1. The van der Waals surface area contributed by atoms with E-state index in [9.17, 15) is 18.3 Å². The minimum absolute atomic E-state index is 0.0568. The van der Waals surface area contributed by atoms with Crippen molar-refractivity contribution in [1.82, 2.24) is 4.90 Å². The van der Waals surface area contributed by atoms with Crippen LogP contribution in [-0.2, 0) is 6.54 Å². The number of ether oxygens (including phenoxy) is 1. The fraction of sp³-hybridized carbons (Fsp3) is 0.500. The molecule has 1 N–H and O–H groups in total. The average Bonchev–Trinajstić information content (AvgIpc) is 2.30. The van der Waals surface area contributed by atoms with Crippen molar-refractivity contribution in [3.05, 3.63) is 22.7 Å². The van der Waals surface area contributed by atoms with Crippen LogP contribution in [0.4, 0.5) is 13.2 Å². The smallest absolute Gasteiger partial charge is 0.401 e. The topological polar surface area (TPSA) is 32.7 Å². The van der Waals surface area contributed by atoms with E-state index in [1.807, 2.05) is 0 Å². The number of hydrogen-bond acceptors (Lipinski definition) is 3. The van der Waals surface area contributed by atoms with E-state index in [0.29, 0.717) is 10.6 Å². The largest absolute Gasteiger partial charge is 0.504 e. The van der Waals surface area contributed by atoms with Crippen LogP contribution in [0.25, 0.3) is 0 Å². The highest BCUT2D eigenvalue weighted by Gasteiger charge is 2.30. The number of phenolic OH excluding ortho intramolecular Hbond substituents is 1. The van der Waals surface area contributed by atoms with Gasteiger partial charge in [-0.1, -0.05) is 18.5 Å². The Kier molecular flexibility index (Phi) is 5.31.